The van der Waals surface area contributed by atoms with Crippen LogP contribution in [0.15, 0.2) is 57.6 Å². The number of benzene rings is 2. The van der Waals surface area contributed by atoms with Gasteiger partial charge in [0.2, 0.25) is 6.79 Å². The van der Waals surface area contributed by atoms with Crippen LogP contribution in [0.5, 0.6) is 11.5 Å². The van der Waals surface area contributed by atoms with Crippen LogP contribution >= 0.6 is 39.3 Å². The molecule has 30 heavy (non-hydrogen) atoms. The third-order valence-corrected chi connectivity index (χ3v) is 6.36. The molecule has 152 valence electrons. The van der Waals surface area contributed by atoms with Crippen molar-refractivity contribution in [3.63, 3.8) is 0 Å². The molecule has 1 N–H and O–H groups in total. The van der Waals surface area contributed by atoms with Crippen LogP contribution in [0.2, 0.25) is 5.02 Å². The summed E-state index contributed by atoms with van der Waals surface area (Å²) in [5.74, 6) is 1.51. The van der Waals surface area contributed by atoms with Crippen LogP contribution in [0.25, 0.3) is 5.70 Å². The number of rotatable bonds is 3. The van der Waals surface area contributed by atoms with Crippen molar-refractivity contribution >= 4 is 56.1 Å². The lowest BCUT2D eigenvalue weighted by molar-refractivity contribution is -0.116. The van der Waals surface area contributed by atoms with Crippen LogP contribution in [-0.4, -0.2) is 28.6 Å². The van der Waals surface area contributed by atoms with E-state index in [4.69, 9.17) is 26.1 Å². The highest BCUT2D eigenvalue weighted by Gasteiger charge is 2.36. The second-order valence-corrected chi connectivity index (χ2v) is 8.87. The molecule has 0 saturated carbocycles. The lowest BCUT2D eigenvalue weighted by atomic mass is 10.1. The van der Waals surface area contributed by atoms with Crippen molar-refractivity contribution in [3.05, 3.63) is 68.6 Å². The number of carbonyl (C=O) groups is 1. The van der Waals surface area contributed by atoms with Crippen molar-refractivity contribution in [1.82, 2.24) is 10.3 Å². The number of halogens is 2. The van der Waals surface area contributed by atoms with E-state index < -0.39 is 6.17 Å². The SMILES string of the molecule is C=CCSC1=NN2C(=c3cc(Br)ccc3=N[C@H]2c2cc3c(cc2Cl)OCO3)C(=O)N1. The summed E-state index contributed by atoms with van der Waals surface area (Å²) < 4.78 is 11.8. The predicted molar refractivity (Wildman–Crippen MR) is 119 cm³/mol. The van der Waals surface area contributed by atoms with Crippen LogP contribution < -0.4 is 25.4 Å². The average molecular weight is 506 g/mol. The summed E-state index contributed by atoms with van der Waals surface area (Å²) in [6, 6.07) is 9.09. The second kappa shape index (κ2) is 7.64. The van der Waals surface area contributed by atoms with Crippen molar-refractivity contribution in [2.75, 3.05) is 12.5 Å². The Balaban J connectivity index is 1.73. The number of amidine groups is 1. The zero-order valence-corrected chi connectivity index (χ0v) is 18.6. The van der Waals surface area contributed by atoms with Gasteiger partial charge in [0, 0.05) is 27.1 Å². The Morgan fingerprint density at radius 2 is 2.13 bits per heavy atom. The first kappa shape index (κ1) is 19.5. The van der Waals surface area contributed by atoms with Gasteiger partial charge in [0.05, 0.1) is 10.4 Å². The van der Waals surface area contributed by atoms with Gasteiger partial charge in [0.25, 0.3) is 5.91 Å². The Morgan fingerprint density at radius 1 is 1.33 bits per heavy atom. The molecule has 1 amide bonds. The van der Waals surface area contributed by atoms with E-state index in [0.717, 1.165) is 4.47 Å². The maximum atomic E-state index is 13.1. The third-order valence-electron chi connectivity index (χ3n) is 4.68. The van der Waals surface area contributed by atoms with Gasteiger partial charge in [-0.15, -0.1) is 11.7 Å². The second-order valence-electron chi connectivity index (χ2n) is 6.54. The molecule has 0 bridgehead atoms. The topological polar surface area (TPSA) is 75.5 Å². The number of hydrazone groups is 1. The van der Waals surface area contributed by atoms with E-state index in [2.05, 4.69) is 32.9 Å². The quantitative estimate of drug-likeness (QED) is 0.649. The maximum absolute atomic E-state index is 13.1. The Kier molecular flexibility index (Phi) is 4.96. The fourth-order valence-corrected chi connectivity index (χ4v) is 4.59. The number of fused-ring (bicyclic) bond motifs is 3. The number of nitrogens with zero attached hydrogens (tertiary/aromatic N) is 3. The van der Waals surface area contributed by atoms with Gasteiger partial charge in [-0.1, -0.05) is 45.4 Å². The molecule has 3 aliphatic rings. The van der Waals surface area contributed by atoms with Crippen molar-refractivity contribution in [3.8, 4) is 11.5 Å². The summed E-state index contributed by atoms with van der Waals surface area (Å²) in [5, 5.41) is 11.4. The Hall–Kier alpha value is -2.49. The van der Waals surface area contributed by atoms with Gasteiger partial charge >= 0.3 is 0 Å². The molecule has 2 aromatic rings. The largest absolute Gasteiger partial charge is 0.454 e. The molecule has 3 heterocycles. The maximum Gasteiger partial charge on any atom is 0.276 e. The molecule has 0 aromatic heterocycles. The first-order chi connectivity index (χ1) is 14.5. The minimum absolute atomic E-state index is 0.137. The van der Waals surface area contributed by atoms with Crippen LogP contribution in [-0.2, 0) is 4.79 Å². The van der Waals surface area contributed by atoms with Gasteiger partial charge in [-0.25, -0.2) is 5.01 Å². The average Bonchev–Trinajstić information content (AvgIpc) is 3.18. The molecule has 2 aromatic carbocycles. The van der Waals surface area contributed by atoms with Gasteiger partial charge in [-0.2, -0.15) is 0 Å². The lowest BCUT2D eigenvalue weighted by Crippen LogP contribution is -2.50. The molecule has 0 unspecified atom stereocenters. The van der Waals surface area contributed by atoms with Crippen LogP contribution in [0.1, 0.15) is 11.7 Å². The highest BCUT2D eigenvalue weighted by molar-refractivity contribution is 9.10. The molecule has 3 aliphatic heterocycles. The lowest BCUT2D eigenvalue weighted by Gasteiger charge is -2.34. The smallest absolute Gasteiger partial charge is 0.276 e. The molecule has 7 nitrogen and oxygen atoms in total. The van der Waals surface area contributed by atoms with Crippen molar-refractivity contribution in [2.24, 2.45) is 10.1 Å². The molecule has 0 spiro atoms. The molecular weight excluding hydrogens is 492 g/mol. The third kappa shape index (κ3) is 3.27. The van der Waals surface area contributed by atoms with Crippen molar-refractivity contribution < 1.29 is 14.3 Å². The Labute approximate surface area is 189 Å². The monoisotopic (exact) mass is 504 g/mol. The van der Waals surface area contributed by atoms with Crippen LogP contribution in [0.3, 0.4) is 0 Å². The normalized spacial score (nSPS) is 18.8. The molecular formula is C20H14BrClN4O3S. The number of thioether (sulfide) groups is 1. The molecule has 0 radical (unpaired) electrons. The molecule has 0 aliphatic carbocycles. The fourth-order valence-electron chi connectivity index (χ4n) is 3.39. The van der Waals surface area contributed by atoms with Gasteiger partial charge in [-0.3, -0.25) is 15.1 Å². The van der Waals surface area contributed by atoms with E-state index >= 15 is 0 Å². The fraction of sp³-hybridized carbons (Fsp3) is 0.150. The summed E-state index contributed by atoms with van der Waals surface area (Å²) in [6.45, 7) is 3.85. The zero-order valence-electron chi connectivity index (χ0n) is 15.4. The minimum Gasteiger partial charge on any atom is -0.454 e. The number of ether oxygens (including phenoxy) is 2. The number of carbonyl (C=O) groups excluding carboxylic acids is 1. The Bertz CT molecular complexity index is 1250. The predicted octanol–water partition coefficient (Wildman–Crippen LogP) is 2.89. The van der Waals surface area contributed by atoms with Gasteiger partial charge in [0.1, 0.15) is 5.70 Å². The summed E-state index contributed by atoms with van der Waals surface area (Å²) in [6.07, 6.45) is 1.11. The molecule has 10 heteroatoms. The van der Waals surface area contributed by atoms with E-state index in [1.165, 1.54) is 11.8 Å². The molecule has 0 fully saturated rings. The van der Waals surface area contributed by atoms with Crippen molar-refractivity contribution in [2.45, 2.75) is 6.17 Å². The van der Waals surface area contributed by atoms with Gasteiger partial charge in [0.15, 0.2) is 22.8 Å². The molecule has 0 saturated heterocycles. The standard InChI is InChI=1S/C20H14BrClN4O3S/c1-2-5-30-20-24-19(27)17-12-6-10(21)3-4-14(12)23-18(26(17)25-20)11-7-15-16(8-13(11)22)29-9-28-15/h2-4,6-8,18H,1,5,9H2,(H,24,25,27)/t18-/m1/s1. The number of nitrogens with one attached hydrogen (secondary N) is 1. The van der Waals surface area contributed by atoms with Gasteiger partial charge in [-0.05, 0) is 24.3 Å². The Morgan fingerprint density at radius 3 is 2.93 bits per heavy atom. The summed E-state index contributed by atoms with van der Waals surface area (Å²) in [7, 11) is 0. The molecule has 1 atom stereocenters. The van der Waals surface area contributed by atoms with Crippen LogP contribution in [0.4, 0.5) is 0 Å². The summed E-state index contributed by atoms with van der Waals surface area (Å²) >= 11 is 11.4. The van der Waals surface area contributed by atoms with E-state index in [9.17, 15) is 4.79 Å². The number of hydrogen-bond acceptors (Lipinski definition) is 7. The van der Waals surface area contributed by atoms with E-state index in [-0.39, 0.29) is 12.7 Å². The van der Waals surface area contributed by atoms with Crippen LogP contribution in [0, 0.1) is 0 Å². The molecule has 5 rings (SSSR count). The summed E-state index contributed by atoms with van der Waals surface area (Å²) in [5.41, 5.74) is 1.07. The highest BCUT2D eigenvalue weighted by Crippen LogP contribution is 2.42. The van der Waals surface area contributed by atoms with E-state index in [0.29, 0.717) is 49.3 Å². The zero-order chi connectivity index (χ0) is 20.8. The first-order valence-corrected chi connectivity index (χ1v) is 11.1. The number of hydrogen-bond donors (Lipinski definition) is 1. The number of amides is 1. The first-order valence-electron chi connectivity index (χ1n) is 8.95. The summed E-state index contributed by atoms with van der Waals surface area (Å²) in [4.78, 5) is 17.9. The van der Waals surface area contributed by atoms with Crippen molar-refractivity contribution in [1.29, 1.82) is 0 Å². The highest BCUT2D eigenvalue weighted by atomic mass is 79.9. The van der Waals surface area contributed by atoms with Gasteiger partial charge < -0.3 is 9.47 Å². The van der Waals surface area contributed by atoms with E-state index in [1.54, 1.807) is 23.2 Å². The van der Waals surface area contributed by atoms with E-state index in [1.807, 2.05) is 18.2 Å². The minimum atomic E-state index is -0.638.